The van der Waals surface area contributed by atoms with Crippen molar-refractivity contribution in [3.05, 3.63) is 17.3 Å². The number of carboxylic acid groups (broad SMARTS) is 1. The Labute approximate surface area is 92.0 Å². The van der Waals surface area contributed by atoms with Gasteiger partial charge < -0.3 is 15.6 Å². The fraction of sp³-hybridized carbons (Fsp3) is 0.125. The Morgan fingerprint density at radius 3 is 2.59 bits per heavy atom. The molecule has 0 bridgehead atoms. The number of nitrogens with two attached hydrogens (primary N) is 1. The lowest BCUT2D eigenvalue weighted by Crippen LogP contribution is -2.20. The predicted molar refractivity (Wildman–Crippen MR) is 47.0 cm³/mol. The van der Waals surface area contributed by atoms with Crippen molar-refractivity contribution in [2.75, 3.05) is 5.73 Å². The summed E-state index contributed by atoms with van der Waals surface area (Å²) in [6.07, 6.45) is -5.10. The summed E-state index contributed by atoms with van der Waals surface area (Å²) >= 11 is 0. The van der Waals surface area contributed by atoms with Gasteiger partial charge in [-0.1, -0.05) is 0 Å². The van der Waals surface area contributed by atoms with Crippen molar-refractivity contribution in [2.45, 2.75) is 6.36 Å². The first kappa shape index (κ1) is 12.6. The van der Waals surface area contributed by atoms with E-state index in [0.29, 0.717) is 0 Å². The molecule has 6 nitrogen and oxygen atoms in total. The van der Waals surface area contributed by atoms with Crippen LogP contribution in [-0.4, -0.2) is 22.4 Å². The van der Waals surface area contributed by atoms with Crippen molar-refractivity contribution in [3.8, 4) is 11.9 Å². The first-order valence-electron chi connectivity index (χ1n) is 3.94. The molecule has 1 aromatic heterocycles. The Balaban J connectivity index is 3.35. The van der Waals surface area contributed by atoms with Crippen LogP contribution >= 0.6 is 0 Å². The molecule has 0 atom stereocenters. The van der Waals surface area contributed by atoms with Gasteiger partial charge in [0.05, 0.1) is 5.69 Å². The van der Waals surface area contributed by atoms with Crippen LogP contribution < -0.4 is 10.5 Å². The molecule has 1 heterocycles. The van der Waals surface area contributed by atoms with E-state index in [9.17, 15) is 18.0 Å². The molecule has 0 radical (unpaired) electrons. The average Bonchev–Trinajstić information content (AvgIpc) is 2.14. The Morgan fingerprint density at radius 2 is 2.18 bits per heavy atom. The molecule has 0 aromatic carbocycles. The van der Waals surface area contributed by atoms with Crippen LogP contribution in [0.4, 0.5) is 18.9 Å². The monoisotopic (exact) mass is 247 g/mol. The molecule has 1 aromatic rings. The third kappa shape index (κ3) is 2.97. The van der Waals surface area contributed by atoms with E-state index in [4.69, 9.17) is 16.1 Å². The number of aromatic nitrogens is 1. The van der Waals surface area contributed by atoms with Crippen molar-refractivity contribution < 1.29 is 27.8 Å². The molecule has 17 heavy (non-hydrogen) atoms. The fourth-order valence-electron chi connectivity index (χ4n) is 0.946. The first-order chi connectivity index (χ1) is 7.74. The number of hydrogen-bond donors (Lipinski definition) is 2. The van der Waals surface area contributed by atoms with Crippen LogP contribution in [0.15, 0.2) is 6.07 Å². The Hall–Kier alpha value is -2.50. The number of carbonyl (C=O) groups is 1. The number of ether oxygens (including phenoxy) is 1. The third-order valence-corrected chi connectivity index (χ3v) is 1.56. The topological polar surface area (TPSA) is 109 Å². The number of carboxylic acids is 1. The van der Waals surface area contributed by atoms with Gasteiger partial charge in [-0.25, -0.2) is 9.78 Å². The molecule has 3 N–H and O–H groups in total. The van der Waals surface area contributed by atoms with Gasteiger partial charge in [0.25, 0.3) is 0 Å². The summed E-state index contributed by atoms with van der Waals surface area (Å²) in [7, 11) is 0. The van der Waals surface area contributed by atoms with Crippen LogP contribution in [0, 0.1) is 11.3 Å². The number of aromatic carboxylic acids is 1. The summed E-state index contributed by atoms with van der Waals surface area (Å²) in [5.74, 6) is -2.77. The van der Waals surface area contributed by atoms with Gasteiger partial charge >= 0.3 is 12.3 Å². The summed E-state index contributed by atoms with van der Waals surface area (Å²) in [5, 5.41) is 17.1. The van der Waals surface area contributed by atoms with Crippen LogP contribution in [0.1, 0.15) is 16.1 Å². The largest absolute Gasteiger partial charge is 0.574 e. The average molecular weight is 247 g/mol. The molecule has 0 unspecified atom stereocenters. The number of nitriles is 1. The highest BCUT2D eigenvalue weighted by Gasteiger charge is 2.34. The molecule has 9 heteroatoms. The first-order valence-corrected chi connectivity index (χ1v) is 3.94. The molecule has 0 spiro atoms. The number of nitrogen functional groups attached to an aromatic ring is 1. The minimum absolute atomic E-state index is 0.459. The van der Waals surface area contributed by atoms with E-state index in [-0.39, 0.29) is 0 Å². The maximum Gasteiger partial charge on any atom is 0.574 e. The van der Waals surface area contributed by atoms with Crippen LogP contribution in [0.5, 0.6) is 5.88 Å². The van der Waals surface area contributed by atoms with Gasteiger partial charge in [0.15, 0.2) is 5.69 Å². The highest BCUT2D eigenvalue weighted by atomic mass is 19.4. The van der Waals surface area contributed by atoms with Crippen LogP contribution in [0.25, 0.3) is 0 Å². The van der Waals surface area contributed by atoms with Gasteiger partial charge in [0, 0.05) is 0 Å². The zero-order chi connectivity index (χ0) is 13.2. The minimum Gasteiger partial charge on any atom is -0.477 e. The second kappa shape index (κ2) is 4.17. The number of alkyl halides is 3. The second-order valence-electron chi connectivity index (χ2n) is 2.74. The normalized spacial score (nSPS) is 10.7. The van der Waals surface area contributed by atoms with Crippen molar-refractivity contribution in [1.29, 1.82) is 5.26 Å². The van der Waals surface area contributed by atoms with E-state index in [0.717, 1.165) is 6.07 Å². The number of nitrogens with zero attached hydrogens (tertiary/aromatic N) is 2. The van der Waals surface area contributed by atoms with Gasteiger partial charge in [-0.2, -0.15) is 5.26 Å². The molecular formula is C8H4F3N3O3. The van der Waals surface area contributed by atoms with E-state index in [1.165, 1.54) is 6.07 Å². The number of rotatable bonds is 2. The molecule has 0 fully saturated rings. The van der Waals surface area contributed by atoms with Crippen molar-refractivity contribution in [2.24, 2.45) is 0 Å². The highest BCUT2D eigenvalue weighted by molar-refractivity contribution is 5.87. The zero-order valence-electron chi connectivity index (χ0n) is 7.95. The van der Waals surface area contributed by atoms with Gasteiger partial charge in [0.1, 0.15) is 11.6 Å². The lowest BCUT2D eigenvalue weighted by atomic mass is 10.2. The predicted octanol–water partition coefficient (Wildman–Crippen LogP) is 1.13. The molecule has 0 aliphatic rings. The molecule has 0 saturated carbocycles. The molecule has 1 rings (SSSR count). The summed E-state index contributed by atoms with van der Waals surface area (Å²) in [4.78, 5) is 13.6. The molecule has 0 aliphatic heterocycles. The second-order valence-corrected chi connectivity index (χ2v) is 2.74. The maximum absolute atomic E-state index is 12.0. The molecule has 0 saturated heterocycles. The van der Waals surface area contributed by atoms with Crippen molar-refractivity contribution in [3.63, 3.8) is 0 Å². The van der Waals surface area contributed by atoms with Gasteiger partial charge in [-0.15, -0.1) is 13.2 Å². The Bertz CT molecular complexity index is 507. The quantitative estimate of drug-likeness (QED) is 0.810. The Kier molecular flexibility index (Phi) is 3.08. The van der Waals surface area contributed by atoms with E-state index in [1.54, 1.807) is 0 Å². The van der Waals surface area contributed by atoms with Crippen molar-refractivity contribution >= 4 is 11.7 Å². The lowest BCUT2D eigenvalue weighted by molar-refractivity contribution is -0.276. The summed E-state index contributed by atoms with van der Waals surface area (Å²) in [5.41, 5.74) is 3.33. The highest BCUT2D eigenvalue weighted by Crippen LogP contribution is 2.28. The molecular weight excluding hydrogens is 243 g/mol. The number of halogens is 3. The van der Waals surface area contributed by atoms with E-state index < -0.39 is 35.2 Å². The van der Waals surface area contributed by atoms with Crippen molar-refractivity contribution in [1.82, 2.24) is 4.98 Å². The van der Waals surface area contributed by atoms with E-state index in [1.807, 2.05) is 0 Å². The van der Waals surface area contributed by atoms with E-state index >= 15 is 0 Å². The lowest BCUT2D eigenvalue weighted by Gasteiger charge is -2.10. The summed E-state index contributed by atoms with van der Waals surface area (Å²) < 4.78 is 39.3. The van der Waals surface area contributed by atoms with E-state index in [2.05, 4.69) is 9.72 Å². The molecule has 0 amide bonds. The zero-order valence-corrected chi connectivity index (χ0v) is 7.95. The SMILES string of the molecule is N#Cc1c(N)cc(C(=O)O)nc1OC(F)(F)F. The molecule has 0 aliphatic carbocycles. The number of anilines is 1. The summed E-state index contributed by atoms with van der Waals surface area (Å²) in [6, 6.07) is 2.12. The number of hydrogen-bond acceptors (Lipinski definition) is 5. The fourth-order valence-corrected chi connectivity index (χ4v) is 0.946. The smallest absolute Gasteiger partial charge is 0.477 e. The minimum atomic E-state index is -5.10. The Morgan fingerprint density at radius 1 is 1.59 bits per heavy atom. The van der Waals surface area contributed by atoms with Gasteiger partial charge in [-0.3, -0.25) is 0 Å². The van der Waals surface area contributed by atoms with Gasteiger partial charge in [-0.05, 0) is 6.07 Å². The maximum atomic E-state index is 12.0. The third-order valence-electron chi connectivity index (χ3n) is 1.56. The number of pyridine rings is 1. The van der Waals surface area contributed by atoms with Crippen LogP contribution in [0.2, 0.25) is 0 Å². The van der Waals surface area contributed by atoms with Gasteiger partial charge in [0.2, 0.25) is 5.88 Å². The standard InChI is InChI=1S/C8H4F3N3O3/c9-8(10,11)17-6-3(2-12)4(13)1-5(14-6)7(15)16/h1H,(H2,13,14)(H,15,16). The van der Waals surface area contributed by atoms with Crippen LogP contribution in [0.3, 0.4) is 0 Å². The molecule has 90 valence electrons. The van der Waals surface area contributed by atoms with Crippen LogP contribution in [-0.2, 0) is 0 Å². The summed E-state index contributed by atoms with van der Waals surface area (Å²) in [6.45, 7) is 0.